The van der Waals surface area contributed by atoms with Gasteiger partial charge in [0.05, 0.1) is 18.3 Å². The number of rotatable bonds is 7. The molecular formula is C29H34O4Si. The summed E-state index contributed by atoms with van der Waals surface area (Å²) in [6.45, 7) is 9.15. The molecule has 2 unspecified atom stereocenters. The monoisotopic (exact) mass is 474 g/mol. The van der Waals surface area contributed by atoms with Crippen LogP contribution in [0, 0.1) is 0 Å². The average Bonchev–Trinajstić information content (AvgIpc) is 3.19. The van der Waals surface area contributed by atoms with Gasteiger partial charge in [-0.15, -0.1) is 0 Å². The van der Waals surface area contributed by atoms with Crippen LogP contribution >= 0.6 is 0 Å². The maximum absolute atomic E-state index is 12.7. The first-order valence-corrected chi connectivity index (χ1v) is 13.9. The Morgan fingerprint density at radius 2 is 1.38 bits per heavy atom. The highest BCUT2D eigenvalue weighted by atomic mass is 28.4. The van der Waals surface area contributed by atoms with Gasteiger partial charge in [-0.2, -0.15) is 0 Å². The van der Waals surface area contributed by atoms with Crippen molar-refractivity contribution in [3.63, 3.8) is 0 Å². The normalized spacial score (nSPS) is 20.8. The second kappa shape index (κ2) is 10.3. The van der Waals surface area contributed by atoms with Gasteiger partial charge in [0.1, 0.15) is 12.2 Å². The van der Waals surface area contributed by atoms with Crippen molar-refractivity contribution in [2.24, 2.45) is 0 Å². The molecule has 0 aliphatic carbocycles. The van der Waals surface area contributed by atoms with Crippen molar-refractivity contribution in [3.8, 4) is 0 Å². The molecule has 0 spiro atoms. The van der Waals surface area contributed by atoms with Crippen LogP contribution in [0.2, 0.25) is 5.04 Å². The summed E-state index contributed by atoms with van der Waals surface area (Å²) in [6.07, 6.45) is -0.000525. The van der Waals surface area contributed by atoms with Crippen LogP contribution < -0.4 is 10.4 Å². The Hall–Kier alpha value is -2.73. The van der Waals surface area contributed by atoms with Crippen LogP contribution in [-0.2, 0) is 13.9 Å². The summed E-state index contributed by atoms with van der Waals surface area (Å²) in [5, 5.41) is 2.31. The number of ether oxygens (including phenoxy) is 2. The summed E-state index contributed by atoms with van der Waals surface area (Å²) >= 11 is 0. The molecule has 4 rings (SSSR count). The molecule has 1 fully saturated rings. The van der Waals surface area contributed by atoms with E-state index in [1.165, 1.54) is 10.4 Å². The molecule has 0 aromatic heterocycles. The van der Waals surface area contributed by atoms with Gasteiger partial charge in [-0.25, -0.2) is 4.79 Å². The summed E-state index contributed by atoms with van der Waals surface area (Å²) in [5.74, 6) is -0.321. The highest BCUT2D eigenvalue weighted by Crippen LogP contribution is 2.37. The largest absolute Gasteiger partial charge is 0.456 e. The van der Waals surface area contributed by atoms with Crippen molar-refractivity contribution in [1.29, 1.82) is 0 Å². The first-order chi connectivity index (χ1) is 16.3. The van der Waals surface area contributed by atoms with E-state index in [1.807, 2.05) is 37.3 Å². The number of esters is 1. The zero-order valence-electron chi connectivity index (χ0n) is 20.4. The van der Waals surface area contributed by atoms with E-state index in [-0.39, 0.29) is 29.3 Å². The van der Waals surface area contributed by atoms with Gasteiger partial charge in [0, 0.05) is 6.42 Å². The number of hydrogen-bond donors (Lipinski definition) is 0. The second-order valence-electron chi connectivity index (χ2n) is 10.0. The van der Waals surface area contributed by atoms with E-state index in [1.54, 1.807) is 12.1 Å². The van der Waals surface area contributed by atoms with Crippen LogP contribution in [0.25, 0.3) is 0 Å². The molecular weight excluding hydrogens is 440 g/mol. The van der Waals surface area contributed by atoms with E-state index in [9.17, 15) is 4.79 Å². The molecule has 1 aliphatic heterocycles. The fraction of sp³-hybridized carbons (Fsp3) is 0.345. The van der Waals surface area contributed by atoms with Crippen LogP contribution in [0.5, 0.6) is 0 Å². The summed E-state index contributed by atoms with van der Waals surface area (Å²) in [5.41, 5.74) is 0.550. The van der Waals surface area contributed by atoms with Crippen molar-refractivity contribution < 1.29 is 18.7 Å². The maximum Gasteiger partial charge on any atom is 0.338 e. The quantitative estimate of drug-likeness (QED) is 0.358. The summed E-state index contributed by atoms with van der Waals surface area (Å²) in [7, 11) is -2.69. The molecule has 0 bridgehead atoms. The molecule has 3 aromatic carbocycles. The Balaban J connectivity index is 1.62. The lowest BCUT2D eigenvalue weighted by atomic mass is 10.1. The SMILES string of the molecule is CC1CC(OC(=O)c2ccccc2)[C@@H](CO[Si](c2ccccc2)(c2ccccc2)C(C)(C)C)O1. The average molecular weight is 475 g/mol. The Morgan fingerprint density at radius 3 is 1.88 bits per heavy atom. The number of benzene rings is 3. The van der Waals surface area contributed by atoms with Gasteiger partial charge in [-0.1, -0.05) is 99.6 Å². The minimum atomic E-state index is -2.69. The molecule has 1 saturated heterocycles. The molecule has 178 valence electrons. The molecule has 0 amide bonds. The van der Waals surface area contributed by atoms with Crippen LogP contribution in [0.15, 0.2) is 91.0 Å². The third-order valence-electron chi connectivity index (χ3n) is 6.53. The molecule has 0 N–H and O–H groups in total. The van der Waals surface area contributed by atoms with Crippen molar-refractivity contribution >= 4 is 24.7 Å². The van der Waals surface area contributed by atoms with Gasteiger partial charge in [0.2, 0.25) is 0 Å². The van der Waals surface area contributed by atoms with Gasteiger partial charge in [-0.05, 0) is 34.5 Å². The van der Waals surface area contributed by atoms with E-state index >= 15 is 0 Å². The lowest BCUT2D eigenvalue weighted by Crippen LogP contribution is -2.67. The molecule has 5 heteroatoms. The van der Waals surface area contributed by atoms with Crippen LogP contribution in [0.1, 0.15) is 44.5 Å². The van der Waals surface area contributed by atoms with Gasteiger partial charge in [-0.3, -0.25) is 0 Å². The minimum Gasteiger partial charge on any atom is -0.456 e. The predicted octanol–water partition coefficient (Wildman–Crippen LogP) is 4.97. The van der Waals surface area contributed by atoms with Crippen molar-refractivity contribution in [2.75, 3.05) is 6.61 Å². The smallest absolute Gasteiger partial charge is 0.338 e. The predicted molar refractivity (Wildman–Crippen MR) is 138 cm³/mol. The number of carbonyl (C=O) groups is 1. The zero-order valence-corrected chi connectivity index (χ0v) is 21.4. The number of hydrogen-bond acceptors (Lipinski definition) is 4. The first-order valence-electron chi connectivity index (χ1n) is 12.0. The molecule has 3 atom stereocenters. The molecule has 0 radical (unpaired) electrons. The third-order valence-corrected chi connectivity index (χ3v) is 11.5. The summed E-state index contributed by atoms with van der Waals surface area (Å²) < 4.78 is 19.2. The molecule has 1 aliphatic rings. The van der Waals surface area contributed by atoms with E-state index < -0.39 is 8.32 Å². The van der Waals surface area contributed by atoms with E-state index in [4.69, 9.17) is 13.9 Å². The standard InChI is InChI=1S/C29H34O4Si/c1-22-20-26(33-28(30)23-14-8-5-9-15-23)27(32-22)21-31-34(29(2,3)4,24-16-10-6-11-17-24)25-18-12-7-13-19-25/h5-19,22,26-27H,20-21H2,1-4H3/t22?,26?,27-/m1/s1. The second-order valence-corrected chi connectivity index (χ2v) is 14.3. The first kappa shape index (κ1) is 24.4. The van der Waals surface area contributed by atoms with Crippen molar-refractivity contribution in [3.05, 3.63) is 96.6 Å². The van der Waals surface area contributed by atoms with Crippen molar-refractivity contribution in [2.45, 2.75) is 57.5 Å². The Kier molecular flexibility index (Phi) is 7.36. The lowest BCUT2D eigenvalue weighted by molar-refractivity contribution is -0.0281. The fourth-order valence-corrected chi connectivity index (χ4v) is 9.51. The van der Waals surface area contributed by atoms with E-state index in [2.05, 4.69) is 69.3 Å². The lowest BCUT2D eigenvalue weighted by Gasteiger charge is -2.43. The summed E-state index contributed by atoms with van der Waals surface area (Å²) in [4.78, 5) is 12.7. The highest BCUT2D eigenvalue weighted by Gasteiger charge is 2.51. The number of carbonyl (C=O) groups excluding carboxylic acids is 1. The van der Waals surface area contributed by atoms with Gasteiger partial charge >= 0.3 is 5.97 Å². The van der Waals surface area contributed by atoms with Crippen molar-refractivity contribution in [1.82, 2.24) is 0 Å². The molecule has 3 aromatic rings. The van der Waals surface area contributed by atoms with Gasteiger partial charge in [0.15, 0.2) is 0 Å². The molecule has 4 nitrogen and oxygen atoms in total. The Bertz CT molecular complexity index is 1020. The fourth-order valence-electron chi connectivity index (χ4n) is 4.94. The molecule has 0 saturated carbocycles. The topological polar surface area (TPSA) is 44.8 Å². The van der Waals surface area contributed by atoms with Gasteiger partial charge in [0.25, 0.3) is 8.32 Å². The van der Waals surface area contributed by atoms with Crippen LogP contribution in [0.3, 0.4) is 0 Å². The van der Waals surface area contributed by atoms with Crippen LogP contribution in [0.4, 0.5) is 0 Å². The maximum atomic E-state index is 12.7. The van der Waals surface area contributed by atoms with E-state index in [0.717, 1.165) is 0 Å². The van der Waals surface area contributed by atoms with Crippen LogP contribution in [-0.4, -0.2) is 39.2 Å². The third kappa shape index (κ3) is 5.02. The Morgan fingerprint density at radius 1 is 0.882 bits per heavy atom. The molecule has 34 heavy (non-hydrogen) atoms. The van der Waals surface area contributed by atoms with Gasteiger partial charge < -0.3 is 13.9 Å². The summed E-state index contributed by atoms with van der Waals surface area (Å²) in [6, 6.07) is 30.2. The molecule has 1 heterocycles. The van der Waals surface area contributed by atoms with E-state index in [0.29, 0.717) is 18.6 Å². The Labute approximate surface area is 204 Å². The highest BCUT2D eigenvalue weighted by molar-refractivity contribution is 6.99. The minimum absolute atomic E-state index is 0.00123. The zero-order chi connectivity index (χ0) is 24.2.